The second-order valence-corrected chi connectivity index (χ2v) is 10.3. The Hall–Kier alpha value is -1.19. The summed E-state index contributed by atoms with van der Waals surface area (Å²) in [6.45, 7) is 4.92. The minimum Gasteiger partial charge on any atom is -0.393 e. The van der Waals surface area contributed by atoms with Gasteiger partial charge in [-0.3, -0.25) is 0 Å². The van der Waals surface area contributed by atoms with Gasteiger partial charge in [0.15, 0.2) is 18.1 Å². The predicted molar refractivity (Wildman–Crippen MR) is 105 cm³/mol. The van der Waals surface area contributed by atoms with E-state index in [4.69, 9.17) is 0 Å². The van der Waals surface area contributed by atoms with Gasteiger partial charge in [0.1, 0.15) is 0 Å². The molecule has 4 aliphatic rings. The summed E-state index contributed by atoms with van der Waals surface area (Å²) in [7, 11) is 0. The number of allylic oxidation sites excluding steroid dienone is 2. The lowest BCUT2D eigenvalue weighted by molar-refractivity contribution is -0.590. The highest BCUT2D eigenvalue weighted by Gasteiger charge is 2.62. The van der Waals surface area contributed by atoms with Crippen molar-refractivity contribution in [3.05, 3.63) is 36.7 Å². The summed E-state index contributed by atoms with van der Waals surface area (Å²) >= 11 is 0. The molecule has 8 atom stereocenters. The highest BCUT2D eigenvalue weighted by atomic mass is 16.3. The monoisotopic (exact) mass is 368 g/mol. The Bertz CT molecular complexity index is 746. The van der Waals surface area contributed by atoms with Gasteiger partial charge in [0.05, 0.1) is 17.6 Å². The molecule has 0 saturated heterocycles. The number of rotatable bonds is 1. The van der Waals surface area contributed by atoms with E-state index in [9.17, 15) is 10.2 Å². The lowest BCUT2D eigenvalue weighted by atomic mass is 9.44. The molecule has 3 saturated carbocycles. The summed E-state index contributed by atoms with van der Waals surface area (Å²) in [5.41, 5.74) is 1.89. The Kier molecular flexibility index (Phi) is 4.07. The molecule has 3 fully saturated rings. The average molecular weight is 369 g/mol. The van der Waals surface area contributed by atoms with Gasteiger partial charge in [-0.25, -0.2) is 0 Å². The molecular formula is C24H34NO2+. The highest BCUT2D eigenvalue weighted by Crippen LogP contribution is 2.66. The van der Waals surface area contributed by atoms with Gasteiger partial charge in [-0.2, -0.15) is 4.57 Å². The third-order valence-electron chi connectivity index (χ3n) is 9.19. The van der Waals surface area contributed by atoms with Gasteiger partial charge in [0, 0.05) is 12.1 Å². The average Bonchev–Trinajstić information content (AvgIpc) is 3.01. The van der Waals surface area contributed by atoms with Gasteiger partial charge in [-0.15, -0.1) is 0 Å². The number of hydrogen-bond donors (Lipinski definition) is 2. The Morgan fingerprint density at radius 3 is 2.52 bits per heavy atom. The molecule has 0 aromatic carbocycles. The number of aliphatic hydroxyl groups excluding tert-OH is 2. The van der Waals surface area contributed by atoms with E-state index in [-0.39, 0.29) is 17.6 Å². The minimum absolute atomic E-state index is 0.157. The lowest BCUT2D eigenvalue weighted by Gasteiger charge is -2.61. The van der Waals surface area contributed by atoms with Crippen LogP contribution in [0, 0.1) is 34.5 Å². The lowest BCUT2D eigenvalue weighted by Crippen LogP contribution is -2.59. The van der Waals surface area contributed by atoms with Crippen molar-refractivity contribution >= 4 is 5.70 Å². The number of nitrogens with zero attached hydrogens (tertiary/aromatic N) is 1. The molecule has 146 valence electrons. The van der Waals surface area contributed by atoms with Crippen molar-refractivity contribution in [3.63, 3.8) is 0 Å². The van der Waals surface area contributed by atoms with Crippen molar-refractivity contribution in [3.8, 4) is 0 Å². The van der Waals surface area contributed by atoms with E-state index in [0.29, 0.717) is 29.1 Å². The van der Waals surface area contributed by atoms with Crippen molar-refractivity contribution in [2.24, 2.45) is 34.5 Å². The quantitative estimate of drug-likeness (QED) is 0.741. The third-order valence-corrected chi connectivity index (χ3v) is 9.19. The number of pyridine rings is 1. The van der Waals surface area contributed by atoms with Crippen LogP contribution < -0.4 is 4.57 Å². The normalized spacial score (nSPS) is 49.0. The molecule has 0 aliphatic heterocycles. The van der Waals surface area contributed by atoms with E-state index in [0.717, 1.165) is 32.1 Å². The van der Waals surface area contributed by atoms with Gasteiger partial charge in [-0.05, 0) is 87.0 Å². The maximum atomic E-state index is 11.3. The molecule has 3 heteroatoms. The molecular weight excluding hydrogens is 334 g/mol. The molecule has 2 N–H and O–H groups in total. The summed E-state index contributed by atoms with van der Waals surface area (Å²) in [5, 5.41) is 21.5. The first-order valence-electron chi connectivity index (χ1n) is 11.0. The molecule has 5 rings (SSSR count). The number of fused-ring (bicyclic) bond motifs is 5. The van der Waals surface area contributed by atoms with Crippen molar-refractivity contribution in [2.75, 3.05) is 0 Å². The van der Waals surface area contributed by atoms with Gasteiger partial charge >= 0.3 is 0 Å². The topological polar surface area (TPSA) is 44.3 Å². The van der Waals surface area contributed by atoms with E-state index in [2.05, 4.69) is 55.1 Å². The maximum Gasteiger partial charge on any atom is 0.189 e. The molecule has 0 amide bonds. The summed E-state index contributed by atoms with van der Waals surface area (Å²) in [5.74, 6) is 2.03. The Labute approximate surface area is 163 Å². The first-order chi connectivity index (χ1) is 12.9. The molecule has 0 radical (unpaired) electrons. The van der Waals surface area contributed by atoms with Crippen molar-refractivity contribution in [1.29, 1.82) is 0 Å². The van der Waals surface area contributed by atoms with Crippen LogP contribution in [0.15, 0.2) is 36.7 Å². The van der Waals surface area contributed by atoms with Gasteiger partial charge in [-0.1, -0.05) is 13.0 Å². The van der Waals surface area contributed by atoms with E-state index >= 15 is 0 Å². The first-order valence-corrected chi connectivity index (χ1v) is 11.0. The second-order valence-electron chi connectivity index (χ2n) is 10.3. The smallest absolute Gasteiger partial charge is 0.189 e. The van der Waals surface area contributed by atoms with Crippen molar-refractivity contribution in [1.82, 2.24) is 0 Å². The molecule has 1 aromatic rings. The Morgan fingerprint density at radius 1 is 0.963 bits per heavy atom. The number of aliphatic hydroxyl groups is 2. The van der Waals surface area contributed by atoms with Gasteiger partial charge in [0.2, 0.25) is 0 Å². The highest BCUT2D eigenvalue weighted by molar-refractivity contribution is 5.48. The zero-order valence-electron chi connectivity index (χ0n) is 16.7. The SMILES string of the molecule is CC12CCC3C(C(O)CC4CC(O)CCC43C)C1CC=C2[n+]1ccccc1. The molecule has 0 spiro atoms. The second kappa shape index (κ2) is 6.15. The van der Waals surface area contributed by atoms with Crippen LogP contribution in [-0.2, 0) is 0 Å². The fourth-order valence-corrected chi connectivity index (χ4v) is 7.71. The van der Waals surface area contributed by atoms with Crippen molar-refractivity contribution < 1.29 is 14.8 Å². The van der Waals surface area contributed by atoms with Crippen LogP contribution in [0.5, 0.6) is 0 Å². The van der Waals surface area contributed by atoms with Crippen LogP contribution in [0.25, 0.3) is 5.70 Å². The third kappa shape index (κ3) is 2.50. The summed E-state index contributed by atoms with van der Waals surface area (Å²) < 4.78 is 2.30. The van der Waals surface area contributed by atoms with Gasteiger partial charge < -0.3 is 10.2 Å². The summed E-state index contributed by atoms with van der Waals surface area (Å²) in [6.07, 6.45) is 13.8. The van der Waals surface area contributed by atoms with Crippen molar-refractivity contribution in [2.45, 2.75) is 71.0 Å². The van der Waals surface area contributed by atoms with Gasteiger partial charge in [0.25, 0.3) is 0 Å². The summed E-state index contributed by atoms with van der Waals surface area (Å²) in [4.78, 5) is 0. The maximum absolute atomic E-state index is 11.3. The zero-order chi connectivity index (χ0) is 18.8. The van der Waals surface area contributed by atoms with Crippen LogP contribution in [0.2, 0.25) is 0 Å². The molecule has 4 aliphatic carbocycles. The van der Waals surface area contributed by atoms with E-state index in [1.54, 1.807) is 0 Å². The fourth-order valence-electron chi connectivity index (χ4n) is 7.71. The fraction of sp³-hybridized carbons (Fsp3) is 0.708. The Morgan fingerprint density at radius 2 is 1.74 bits per heavy atom. The van der Waals surface area contributed by atoms with E-state index in [1.807, 2.05) is 0 Å². The van der Waals surface area contributed by atoms with Crippen LogP contribution in [-0.4, -0.2) is 22.4 Å². The zero-order valence-corrected chi connectivity index (χ0v) is 16.7. The molecule has 1 aromatic heterocycles. The molecule has 27 heavy (non-hydrogen) atoms. The first kappa shape index (κ1) is 17.9. The minimum atomic E-state index is -0.212. The molecule has 8 unspecified atom stereocenters. The van der Waals surface area contributed by atoms with Crippen LogP contribution in [0.4, 0.5) is 0 Å². The van der Waals surface area contributed by atoms with Crippen LogP contribution >= 0.6 is 0 Å². The van der Waals surface area contributed by atoms with Crippen LogP contribution in [0.1, 0.15) is 58.8 Å². The standard InChI is InChI=1S/C24H34NO2/c1-23-10-8-17(26)14-16(23)15-20(27)22-18-6-7-21(25-12-4-3-5-13-25)24(18,2)11-9-19(22)23/h3-5,7,12-13,16-20,22,26-27H,6,8-11,14-15H2,1-2H3/q+1. The van der Waals surface area contributed by atoms with Crippen LogP contribution in [0.3, 0.4) is 0 Å². The number of hydrogen-bond acceptors (Lipinski definition) is 2. The summed E-state index contributed by atoms with van der Waals surface area (Å²) in [6, 6.07) is 6.29. The molecule has 0 bridgehead atoms. The van der Waals surface area contributed by atoms with E-state index in [1.165, 1.54) is 18.5 Å². The largest absolute Gasteiger partial charge is 0.393 e. The Balaban J connectivity index is 1.48. The predicted octanol–water partition coefficient (Wildman–Crippen LogP) is 3.80. The number of aromatic nitrogens is 1. The molecule has 1 heterocycles. The molecule has 3 nitrogen and oxygen atoms in total. The van der Waals surface area contributed by atoms with E-state index < -0.39 is 0 Å².